The van der Waals surface area contributed by atoms with Crippen LogP contribution in [0.4, 0.5) is 0 Å². The van der Waals surface area contributed by atoms with Crippen LogP contribution in [0.25, 0.3) is 0 Å². The summed E-state index contributed by atoms with van der Waals surface area (Å²) in [4.78, 5) is 16.4. The number of carbonyl (C=O) groups excluding carboxylic acids is 1. The molecule has 2 aromatic rings. The number of aromatic nitrogens is 4. The van der Waals surface area contributed by atoms with Crippen LogP contribution in [0.5, 0.6) is 0 Å². The van der Waals surface area contributed by atoms with Crippen molar-refractivity contribution in [2.24, 2.45) is 13.0 Å². The SMILES string of the molecule is CC(C)C[C@H](NC(=O)CCc1nncn1C)c1cccnc1. The second-order valence-corrected chi connectivity index (χ2v) is 5.89. The van der Waals surface area contributed by atoms with Crippen LogP contribution < -0.4 is 5.32 Å². The standard InChI is InChI=1S/C16H23N5O/c1-12(2)9-14(13-5-4-8-17-10-13)19-16(22)7-6-15-20-18-11-21(15)3/h4-5,8,10-12,14H,6-7,9H2,1-3H3,(H,19,22)/t14-/m0/s1. The summed E-state index contributed by atoms with van der Waals surface area (Å²) in [6.07, 6.45) is 7.08. The van der Waals surface area contributed by atoms with Crippen LogP contribution in [0.2, 0.25) is 0 Å². The van der Waals surface area contributed by atoms with Crippen LogP contribution in [0.15, 0.2) is 30.9 Å². The van der Waals surface area contributed by atoms with Crippen molar-refractivity contribution in [3.05, 3.63) is 42.2 Å². The highest BCUT2D eigenvalue weighted by molar-refractivity contribution is 5.76. The lowest BCUT2D eigenvalue weighted by atomic mass is 9.98. The highest BCUT2D eigenvalue weighted by Crippen LogP contribution is 2.20. The fourth-order valence-corrected chi connectivity index (χ4v) is 2.36. The van der Waals surface area contributed by atoms with Gasteiger partial charge in [0.05, 0.1) is 6.04 Å². The maximum absolute atomic E-state index is 12.2. The molecule has 2 aromatic heterocycles. The van der Waals surface area contributed by atoms with E-state index in [-0.39, 0.29) is 11.9 Å². The molecule has 0 unspecified atom stereocenters. The zero-order valence-corrected chi connectivity index (χ0v) is 13.4. The van der Waals surface area contributed by atoms with Crippen molar-refractivity contribution in [3.8, 4) is 0 Å². The molecule has 1 amide bonds. The fourth-order valence-electron chi connectivity index (χ4n) is 2.36. The molecule has 6 nitrogen and oxygen atoms in total. The molecule has 0 fully saturated rings. The quantitative estimate of drug-likeness (QED) is 0.849. The minimum absolute atomic E-state index is 0.000645. The minimum Gasteiger partial charge on any atom is -0.349 e. The number of rotatable bonds is 7. The highest BCUT2D eigenvalue weighted by atomic mass is 16.1. The number of pyridine rings is 1. The third-order valence-corrected chi connectivity index (χ3v) is 3.51. The first-order valence-electron chi connectivity index (χ1n) is 7.58. The average Bonchev–Trinajstić information content (AvgIpc) is 2.90. The molecular formula is C16H23N5O. The number of nitrogens with one attached hydrogen (secondary N) is 1. The van der Waals surface area contributed by atoms with E-state index < -0.39 is 0 Å². The zero-order valence-electron chi connectivity index (χ0n) is 13.4. The number of aryl methyl sites for hydroxylation is 2. The first kappa shape index (κ1) is 16.1. The van der Waals surface area contributed by atoms with Crippen molar-refractivity contribution in [1.29, 1.82) is 0 Å². The molecule has 0 radical (unpaired) electrons. The van der Waals surface area contributed by atoms with Gasteiger partial charge in [-0.25, -0.2) is 0 Å². The van der Waals surface area contributed by atoms with Gasteiger partial charge in [-0.1, -0.05) is 19.9 Å². The molecule has 0 aliphatic rings. The summed E-state index contributed by atoms with van der Waals surface area (Å²) >= 11 is 0. The minimum atomic E-state index is 0.000645. The second kappa shape index (κ2) is 7.68. The van der Waals surface area contributed by atoms with Crippen molar-refractivity contribution in [2.75, 3.05) is 0 Å². The monoisotopic (exact) mass is 301 g/mol. The molecule has 0 aliphatic carbocycles. The van der Waals surface area contributed by atoms with Gasteiger partial charge >= 0.3 is 0 Å². The summed E-state index contributed by atoms with van der Waals surface area (Å²) in [5, 5.41) is 10.9. The van der Waals surface area contributed by atoms with E-state index in [4.69, 9.17) is 0 Å². The van der Waals surface area contributed by atoms with Crippen LogP contribution in [0.3, 0.4) is 0 Å². The van der Waals surface area contributed by atoms with E-state index in [1.54, 1.807) is 12.5 Å². The fraction of sp³-hybridized carbons (Fsp3) is 0.500. The lowest BCUT2D eigenvalue weighted by Crippen LogP contribution is -2.30. The number of carbonyl (C=O) groups is 1. The molecule has 0 spiro atoms. The number of amides is 1. The van der Waals surface area contributed by atoms with Gasteiger partial charge in [-0.15, -0.1) is 10.2 Å². The Labute approximate surface area is 131 Å². The molecule has 0 aromatic carbocycles. The highest BCUT2D eigenvalue weighted by Gasteiger charge is 2.16. The summed E-state index contributed by atoms with van der Waals surface area (Å²) in [7, 11) is 1.88. The van der Waals surface area contributed by atoms with Gasteiger partial charge in [0.1, 0.15) is 12.2 Å². The Morgan fingerprint density at radius 3 is 2.82 bits per heavy atom. The predicted molar refractivity (Wildman–Crippen MR) is 83.9 cm³/mol. The maximum atomic E-state index is 12.2. The van der Waals surface area contributed by atoms with Gasteiger partial charge < -0.3 is 9.88 Å². The average molecular weight is 301 g/mol. The Bertz CT molecular complexity index is 594. The molecule has 22 heavy (non-hydrogen) atoms. The molecule has 6 heteroatoms. The maximum Gasteiger partial charge on any atom is 0.220 e. The summed E-state index contributed by atoms with van der Waals surface area (Å²) in [5.41, 5.74) is 1.04. The molecule has 1 N–H and O–H groups in total. The van der Waals surface area contributed by atoms with Crippen LogP contribution >= 0.6 is 0 Å². The van der Waals surface area contributed by atoms with E-state index >= 15 is 0 Å². The van der Waals surface area contributed by atoms with E-state index in [1.165, 1.54) is 0 Å². The first-order valence-corrected chi connectivity index (χ1v) is 7.58. The Morgan fingerprint density at radius 2 is 2.23 bits per heavy atom. The summed E-state index contributed by atoms with van der Waals surface area (Å²) in [5.74, 6) is 1.33. The molecular weight excluding hydrogens is 278 g/mol. The van der Waals surface area contributed by atoms with Crippen LogP contribution in [-0.2, 0) is 18.3 Å². The third kappa shape index (κ3) is 4.65. The van der Waals surface area contributed by atoms with Gasteiger partial charge in [0, 0.05) is 32.3 Å². The van der Waals surface area contributed by atoms with Crippen molar-refractivity contribution in [2.45, 2.75) is 39.2 Å². The van der Waals surface area contributed by atoms with Gasteiger partial charge in [0.25, 0.3) is 0 Å². The third-order valence-electron chi connectivity index (χ3n) is 3.51. The van der Waals surface area contributed by atoms with Gasteiger partial charge in [-0.3, -0.25) is 9.78 Å². The van der Waals surface area contributed by atoms with Crippen LogP contribution in [-0.4, -0.2) is 25.7 Å². The topological polar surface area (TPSA) is 72.7 Å². The zero-order chi connectivity index (χ0) is 15.9. The van der Waals surface area contributed by atoms with Crippen molar-refractivity contribution in [3.63, 3.8) is 0 Å². The molecule has 2 heterocycles. The molecule has 118 valence electrons. The van der Waals surface area contributed by atoms with Crippen molar-refractivity contribution >= 4 is 5.91 Å². The molecule has 2 rings (SSSR count). The van der Waals surface area contributed by atoms with E-state index in [1.807, 2.05) is 29.9 Å². The molecule has 0 bridgehead atoms. The number of hydrogen-bond donors (Lipinski definition) is 1. The van der Waals surface area contributed by atoms with E-state index in [2.05, 4.69) is 34.3 Å². The smallest absolute Gasteiger partial charge is 0.220 e. The Balaban J connectivity index is 1.95. The Hall–Kier alpha value is -2.24. The predicted octanol–water partition coefficient (Wildman–Crippen LogP) is 2.05. The molecule has 0 saturated heterocycles. The lowest BCUT2D eigenvalue weighted by Gasteiger charge is -2.20. The van der Waals surface area contributed by atoms with Crippen LogP contribution in [0, 0.1) is 5.92 Å². The normalized spacial score (nSPS) is 12.4. The van der Waals surface area contributed by atoms with Crippen molar-refractivity contribution < 1.29 is 4.79 Å². The van der Waals surface area contributed by atoms with Gasteiger partial charge in [0.15, 0.2) is 0 Å². The van der Waals surface area contributed by atoms with Gasteiger partial charge in [0.2, 0.25) is 5.91 Å². The number of hydrogen-bond acceptors (Lipinski definition) is 4. The van der Waals surface area contributed by atoms with Crippen molar-refractivity contribution in [1.82, 2.24) is 25.1 Å². The first-order chi connectivity index (χ1) is 10.6. The van der Waals surface area contributed by atoms with Gasteiger partial charge in [-0.2, -0.15) is 0 Å². The summed E-state index contributed by atoms with van der Waals surface area (Å²) < 4.78 is 1.83. The summed E-state index contributed by atoms with van der Waals surface area (Å²) in [6.45, 7) is 4.30. The van der Waals surface area contributed by atoms with E-state index in [9.17, 15) is 4.79 Å². The Morgan fingerprint density at radius 1 is 1.41 bits per heavy atom. The lowest BCUT2D eigenvalue weighted by molar-refractivity contribution is -0.121. The molecule has 0 aliphatic heterocycles. The van der Waals surface area contributed by atoms with E-state index in [0.29, 0.717) is 18.8 Å². The second-order valence-electron chi connectivity index (χ2n) is 5.89. The number of nitrogens with zero attached hydrogens (tertiary/aromatic N) is 4. The van der Waals surface area contributed by atoms with Crippen LogP contribution in [0.1, 0.15) is 44.1 Å². The van der Waals surface area contributed by atoms with E-state index in [0.717, 1.165) is 17.8 Å². The molecule has 1 atom stereocenters. The summed E-state index contributed by atoms with van der Waals surface area (Å²) in [6, 6.07) is 3.90. The van der Waals surface area contributed by atoms with Gasteiger partial charge in [-0.05, 0) is 24.0 Å². The Kier molecular flexibility index (Phi) is 5.63. The molecule has 0 saturated carbocycles. The largest absolute Gasteiger partial charge is 0.349 e.